The minimum Gasteiger partial charge on any atom is -0.502 e. The number of pyridine rings is 1. The van der Waals surface area contributed by atoms with Gasteiger partial charge in [-0.1, -0.05) is 47.5 Å². The number of halogens is 1. The van der Waals surface area contributed by atoms with Crippen LogP contribution in [-0.2, 0) is 0 Å². The van der Waals surface area contributed by atoms with Gasteiger partial charge in [0.15, 0.2) is 17.3 Å². The fraction of sp³-hybridized carbons (Fsp3) is 0.200. The van der Waals surface area contributed by atoms with E-state index in [9.17, 15) is 9.90 Å². The van der Waals surface area contributed by atoms with Crippen LogP contribution in [0, 0.1) is 13.8 Å². The Morgan fingerprint density at radius 3 is 2.27 bits per heavy atom. The van der Waals surface area contributed by atoms with Gasteiger partial charge in [0.1, 0.15) is 0 Å². The Hall–Kier alpha value is -3.87. The van der Waals surface area contributed by atoms with Crippen molar-refractivity contribution in [1.82, 2.24) is 4.98 Å². The number of allylic oxidation sites excluding steroid dienone is 1. The summed E-state index contributed by atoms with van der Waals surface area (Å²) in [4.78, 5) is 18.0. The van der Waals surface area contributed by atoms with Crippen molar-refractivity contribution in [3.8, 4) is 28.4 Å². The molecule has 1 aromatic heterocycles. The number of phenols is 1. The number of ketones is 1. The molecule has 0 spiro atoms. The molecule has 0 saturated heterocycles. The molecule has 0 aliphatic rings. The van der Waals surface area contributed by atoms with Crippen LogP contribution in [0.5, 0.6) is 17.2 Å². The highest BCUT2D eigenvalue weighted by atomic mass is 35.5. The molecule has 6 nitrogen and oxygen atoms in total. The van der Waals surface area contributed by atoms with Crippen molar-refractivity contribution in [2.45, 2.75) is 20.8 Å². The van der Waals surface area contributed by atoms with Crippen LogP contribution in [0.4, 0.5) is 0 Å². The summed E-state index contributed by atoms with van der Waals surface area (Å²) in [5.41, 5.74) is 5.53. The summed E-state index contributed by atoms with van der Waals surface area (Å²) in [6.45, 7) is 5.95. The first-order valence-corrected chi connectivity index (χ1v) is 12.1. The zero-order chi connectivity index (χ0) is 27.1. The van der Waals surface area contributed by atoms with E-state index in [1.165, 1.54) is 20.3 Å². The number of carbonyl (C=O) groups is 1. The molecule has 4 aromatic rings. The predicted octanol–water partition coefficient (Wildman–Crippen LogP) is 6.79. The summed E-state index contributed by atoms with van der Waals surface area (Å²) >= 11 is 6.57. The molecule has 7 heteroatoms. The van der Waals surface area contributed by atoms with Crippen LogP contribution in [-0.4, -0.2) is 41.8 Å². The molecule has 2 N–H and O–H groups in total. The number of ether oxygens (including phenoxy) is 2. The normalized spacial score (nSPS) is 10.8. The lowest BCUT2D eigenvalue weighted by atomic mass is 9.92. The number of aromatic hydroxyl groups is 1. The van der Waals surface area contributed by atoms with Crippen molar-refractivity contribution in [2.75, 3.05) is 20.8 Å². The second-order valence-corrected chi connectivity index (χ2v) is 8.70. The van der Waals surface area contributed by atoms with Gasteiger partial charge in [0.2, 0.25) is 5.75 Å². The molecule has 0 atom stereocenters. The number of aromatic nitrogens is 1. The van der Waals surface area contributed by atoms with Crippen LogP contribution in [0.25, 0.3) is 28.1 Å². The standard InChI is InChI=1S/C28H24ClNO4.C2H6O/c1-16-11-17(2)27-20(12-16)26(19-7-5-6-8-22(19)29)21(15-30-27)23(31)10-9-18-13-24(33-3)28(32)25(14-18)34-4;1-2-3/h5-15,32H,1-4H3;3H,2H2,1H3/b10-9+;. The van der Waals surface area contributed by atoms with Gasteiger partial charge in [0.05, 0.1) is 19.7 Å². The van der Waals surface area contributed by atoms with E-state index in [-0.39, 0.29) is 29.6 Å². The number of aryl methyl sites for hydroxylation is 2. The van der Waals surface area contributed by atoms with Gasteiger partial charge in [0.25, 0.3) is 0 Å². The number of carbonyl (C=O) groups excluding carboxylic acids is 1. The molecule has 1 heterocycles. The van der Waals surface area contributed by atoms with Crippen molar-refractivity contribution in [2.24, 2.45) is 0 Å². The number of phenolic OH excluding ortho intramolecular Hbond substituents is 1. The minimum atomic E-state index is -0.227. The highest BCUT2D eigenvalue weighted by molar-refractivity contribution is 6.34. The molecular formula is C30H30ClNO5. The third kappa shape index (κ3) is 6.10. The molecular weight excluding hydrogens is 490 g/mol. The van der Waals surface area contributed by atoms with E-state index in [2.05, 4.69) is 11.1 Å². The maximum absolute atomic E-state index is 13.4. The molecule has 0 aliphatic carbocycles. The number of fused-ring (bicyclic) bond motifs is 1. The fourth-order valence-corrected chi connectivity index (χ4v) is 4.30. The van der Waals surface area contributed by atoms with Crippen molar-refractivity contribution in [3.05, 3.63) is 88.1 Å². The molecule has 0 amide bonds. The highest BCUT2D eigenvalue weighted by Crippen LogP contribution is 2.39. The zero-order valence-electron chi connectivity index (χ0n) is 21.5. The summed E-state index contributed by atoms with van der Waals surface area (Å²) in [7, 11) is 2.90. The second kappa shape index (κ2) is 12.4. The Morgan fingerprint density at radius 1 is 1.05 bits per heavy atom. The highest BCUT2D eigenvalue weighted by Gasteiger charge is 2.19. The van der Waals surface area contributed by atoms with Crippen molar-refractivity contribution in [3.63, 3.8) is 0 Å². The SMILES string of the molecule is CCO.COc1cc(/C=C/C(=O)c2cnc3c(C)cc(C)cc3c2-c2ccccc2Cl)cc(OC)c1O. The van der Waals surface area contributed by atoms with Crippen LogP contribution in [0.3, 0.4) is 0 Å². The van der Waals surface area contributed by atoms with Crippen molar-refractivity contribution in [1.29, 1.82) is 0 Å². The number of hydrogen-bond donors (Lipinski definition) is 2. The summed E-state index contributed by atoms with van der Waals surface area (Å²) < 4.78 is 10.4. The molecule has 0 radical (unpaired) electrons. The molecule has 3 aromatic carbocycles. The number of benzene rings is 3. The van der Waals surface area contributed by atoms with E-state index >= 15 is 0 Å². The van der Waals surface area contributed by atoms with E-state index in [1.807, 2.05) is 44.2 Å². The number of aliphatic hydroxyl groups is 1. The van der Waals surface area contributed by atoms with Crippen LogP contribution < -0.4 is 9.47 Å². The first kappa shape index (κ1) is 27.7. The second-order valence-electron chi connectivity index (χ2n) is 8.29. The zero-order valence-corrected chi connectivity index (χ0v) is 22.3. The van der Waals surface area contributed by atoms with E-state index in [4.69, 9.17) is 26.2 Å². The van der Waals surface area contributed by atoms with Crippen molar-refractivity contribution < 1.29 is 24.5 Å². The van der Waals surface area contributed by atoms with Gasteiger partial charge in [-0.3, -0.25) is 9.78 Å². The number of methoxy groups -OCH3 is 2. The van der Waals surface area contributed by atoms with E-state index in [0.717, 1.165) is 33.2 Å². The fourth-order valence-electron chi connectivity index (χ4n) is 4.07. The van der Waals surface area contributed by atoms with Gasteiger partial charge < -0.3 is 19.7 Å². The molecule has 0 fully saturated rings. The maximum atomic E-state index is 13.4. The largest absolute Gasteiger partial charge is 0.502 e. The van der Waals surface area contributed by atoms with E-state index in [1.54, 1.807) is 31.3 Å². The van der Waals surface area contributed by atoms with Gasteiger partial charge in [0, 0.05) is 39.9 Å². The van der Waals surface area contributed by atoms with Gasteiger partial charge >= 0.3 is 0 Å². The number of rotatable bonds is 6. The van der Waals surface area contributed by atoms with Crippen LogP contribution in [0.1, 0.15) is 34.0 Å². The smallest absolute Gasteiger partial charge is 0.200 e. The van der Waals surface area contributed by atoms with E-state index < -0.39 is 0 Å². The van der Waals surface area contributed by atoms with Crippen LogP contribution >= 0.6 is 11.6 Å². The minimum absolute atomic E-state index is 0.0982. The molecule has 0 bridgehead atoms. The number of hydrogen-bond acceptors (Lipinski definition) is 6. The van der Waals surface area contributed by atoms with Crippen molar-refractivity contribution >= 4 is 34.4 Å². The van der Waals surface area contributed by atoms with Gasteiger partial charge in [-0.2, -0.15) is 0 Å². The molecule has 0 saturated carbocycles. The first-order valence-electron chi connectivity index (χ1n) is 11.7. The lowest BCUT2D eigenvalue weighted by Crippen LogP contribution is -2.02. The first-order chi connectivity index (χ1) is 17.7. The average Bonchev–Trinajstić information content (AvgIpc) is 2.88. The van der Waals surface area contributed by atoms with Gasteiger partial charge in [-0.15, -0.1) is 0 Å². The Kier molecular flexibility index (Phi) is 9.28. The van der Waals surface area contributed by atoms with Crippen LogP contribution in [0.15, 0.2) is 60.8 Å². The Balaban J connectivity index is 0.00000121. The lowest BCUT2D eigenvalue weighted by molar-refractivity contribution is 0.104. The predicted molar refractivity (Wildman–Crippen MR) is 149 cm³/mol. The summed E-state index contributed by atoms with van der Waals surface area (Å²) in [5, 5.41) is 19.1. The third-order valence-electron chi connectivity index (χ3n) is 5.64. The number of nitrogens with zero attached hydrogens (tertiary/aromatic N) is 1. The average molecular weight is 520 g/mol. The Morgan fingerprint density at radius 2 is 1.68 bits per heavy atom. The third-order valence-corrected chi connectivity index (χ3v) is 5.97. The van der Waals surface area contributed by atoms with Gasteiger partial charge in [-0.25, -0.2) is 0 Å². The Labute approximate surface area is 221 Å². The van der Waals surface area contributed by atoms with Gasteiger partial charge in [-0.05, 0) is 62.2 Å². The molecule has 37 heavy (non-hydrogen) atoms. The lowest BCUT2D eigenvalue weighted by Gasteiger charge is -2.14. The molecule has 0 aliphatic heterocycles. The summed E-state index contributed by atoms with van der Waals surface area (Å²) in [6, 6.07) is 14.8. The molecule has 192 valence electrons. The maximum Gasteiger partial charge on any atom is 0.200 e. The molecule has 4 rings (SSSR count). The van der Waals surface area contributed by atoms with E-state index in [0.29, 0.717) is 16.1 Å². The van der Waals surface area contributed by atoms with Crippen LogP contribution in [0.2, 0.25) is 5.02 Å². The summed E-state index contributed by atoms with van der Waals surface area (Å²) in [5.74, 6) is 0.177. The number of aliphatic hydroxyl groups excluding tert-OH is 1. The Bertz CT molecular complexity index is 1440. The summed E-state index contributed by atoms with van der Waals surface area (Å²) in [6.07, 6.45) is 4.72. The quantitative estimate of drug-likeness (QED) is 0.215. The molecule has 0 unspecified atom stereocenters. The monoisotopic (exact) mass is 519 g/mol. The topological polar surface area (TPSA) is 88.9 Å².